The third kappa shape index (κ3) is 1.15. The molecule has 0 spiro atoms. The third-order valence-electron chi connectivity index (χ3n) is 0.644. The second-order valence-corrected chi connectivity index (χ2v) is 3.17. The molecule has 0 aromatic carbocycles. The summed E-state index contributed by atoms with van der Waals surface area (Å²) in [4.78, 5) is 9.23. The molecule has 1 rings (SSSR count). The van der Waals surface area contributed by atoms with Gasteiger partial charge in [0.25, 0.3) is 0 Å². The number of halogens is 1. The van der Waals surface area contributed by atoms with Gasteiger partial charge >= 0.3 is 52.3 Å². The van der Waals surface area contributed by atoms with E-state index in [1.165, 1.54) is 3.83 Å². The maximum absolute atomic E-state index is 4.03. The normalized spacial score (nSPS) is 9.86. The standard InChI is InChI=1S/C4H6IN2/c1-5-4-6-2-3-7-4/h2-3H,1H3,(H,6,7)/q-1. The molecule has 0 aliphatic heterocycles. The van der Waals surface area contributed by atoms with Crippen LogP contribution in [0.5, 0.6) is 0 Å². The van der Waals surface area contributed by atoms with Crippen molar-refractivity contribution in [3.63, 3.8) is 0 Å². The van der Waals surface area contributed by atoms with Crippen LogP contribution in [0, 0.1) is 3.83 Å². The summed E-state index contributed by atoms with van der Waals surface area (Å²) in [5.74, 6) is 0. The zero-order valence-electron chi connectivity index (χ0n) is 3.98. The number of aromatic nitrogens is 2. The van der Waals surface area contributed by atoms with Crippen LogP contribution in [-0.4, -0.2) is 14.9 Å². The Morgan fingerprint density at radius 3 is 3.00 bits per heavy atom. The summed E-state index contributed by atoms with van der Waals surface area (Å²) in [5, 5.41) is 0. The molecule has 0 saturated carbocycles. The van der Waals surface area contributed by atoms with Crippen LogP contribution in [0.15, 0.2) is 12.4 Å². The van der Waals surface area contributed by atoms with Crippen molar-refractivity contribution >= 4 is 0 Å². The Balaban J connectivity index is 2.76. The molecule has 2 nitrogen and oxygen atoms in total. The summed E-state index contributed by atoms with van der Waals surface area (Å²) < 4.78 is 1.17. The zero-order chi connectivity index (χ0) is 5.11. The van der Waals surface area contributed by atoms with Crippen LogP contribution in [0.25, 0.3) is 0 Å². The topological polar surface area (TPSA) is 28.7 Å². The van der Waals surface area contributed by atoms with E-state index in [-0.39, 0.29) is 21.2 Å². The van der Waals surface area contributed by atoms with Crippen LogP contribution in [-0.2, 0) is 0 Å². The van der Waals surface area contributed by atoms with E-state index >= 15 is 0 Å². The fraction of sp³-hybridized carbons (Fsp3) is 0.250. The van der Waals surface area contributed by atoms with E-state index in [0.29, 0.717) is 0 Å². The van der Waals surface area contributed by atoms with Gasteiger partial charge in [-0.2, -0.15) is 0 Å². The van der Waals surface area contributed by atoms with Crippen LogP contribution in [0.2, 0.25) is 0 Å². The predicted molar refractivity (Wildman–Crippen MR) is 23.2 cm³/mol. The van der Waals surface area contributed by atoms with Gasteiger partial charge in [0.15, 0.2) is 0 Å². The van der Waals surface area contributed by atoms with E-state index in [1.54, 1.807) is 6.20 Å². The van der Waals surface area contributed by atoms with Crippen LogP contribution >= 0.6 is 0 Å². The van der Waals surface area contributed by atoms with Gasteiger partial charge in [0.1, 0.15) is 0 Å². The van der Waals surface area contributed by atoms with E-state index in [0.717, 1.165) is 0 Å². The van der Waals surface area contributed by atoms with E-state index < -0.39 is 0 Å². The van der Waals surface area contributed by atoms with Gasteiger partial charge in [0.2, 0.25) is 0 Å². The predicted octanol–water partition coefficient (Wildman–Crippen LogP) is -2.70. The molecule has 0 bridgehead atoms. The average molecular weight is 209 g/mol. The fourth-order valence-corrected chi connectivity index (χ4v) is 1.28. The number of hydrogen-bond donors (Lipinski definition) is 1. The van der Waals surface area contributed by atoms with Crippen molar-refractivity contribution in [2.75, 3.05) is 4.93 Å². The first-order chi connectivity index (χ1) is 3.43. The number of hydrogen-bond acceptors (Lipinski definition) is 1. The molecule has 3 heteroatoms. The van der Waals surface area contributed by atoms with E-state index in [2.05, 4.69) is 14.9 Å². The first kappa shape index (κ1) is 5.08. The van der Waals surface area contributed by atoms with Crippen LogP contribution in [0.3, 0.4) is 0 Å². The summed E-state index contributed by atoms with van der Waals surface area (Å²) in [6.07, 6.45) is 3.65. The molecule has 0 unspecified atom stereocenters. The SMILES string of the molecule is C[I-]c1ncc[nH]1. The Labute approximate surface area is 52.6 Å². The fourth-order valence-electron chi connectivity index (χ4n) is 0.349. The zero-order valence-corrected chi connectivity index (χ0v) is 6.14. The first-order valence-electron chi connectivity index (χ1n) is 1.92. The molecule has 0 atom stereocenters. The number of alkyl halides is 1. The summed E-state index contributed by atoms with van der Waals surface area (Å²) in [6, 6.07) is 0. The maximum atomic E-state index is 4.03. The second-order valence-electron chi connectivity index (χ2n) is 1.07. The third-order valence-corrected chi connectivity index (χ3v) is 2.26. The molecule has 0 radical (unpaired) electrons. The van der Waals surface area contributed by atoms with Crippen LogP contribution in [0.1, 0.15) is 0 Å². The first-order valence-corrected chi connectivity index (χ1v) is 5.16. The van der Waals surface area contributed by atoms with Gasteiger partial charge in [-0.25, -0.2) is 0 Å². The van der Waals surface area contributed by atoms with Crippen LogP contribution in [0.4, 0.5) is 0 Å². The van der Waals surface area contributed by atoms with E-state index in [9.17, 15) is 0 Å². The minimum atomic E-state index is 0.180. The van der Waals surface area contributed by atoms with Gasteiger partial charge in [0, 0.05) is 0 Å². The Morgan fingerprint density at radius 2 is 2.71 bits per heavy atom. The van der Waals surface area contributed by atoms with Crippen molar-refractivity contribution < 1.29 is 21.2 Å². The van der Waals surface area contributed by atoms with Crippen molar-refractivity contribution in [2.24, 2.45) is 0 Å². The molecule has 40 valence electrons. The molecule has 0 fully saturated rings. The van der Waals surface area contributed by atoms with Gasteiger partial charge in [-0.15, -0.1) is 0 Å². The Bertz CT molecular complexity index is 124. The molecule has 1 heterocycles. The molecular formula is C4H6IN2-. The van der Waals surface area contributed by atoms with Crippen molar-refractivity contribution in [3.8, 4) is 0 Å². The van der Waals surface area contributed by atoms with Gasteiger partial charge in [-0.3, -0.25) is 0 Å². The summed E-state index contributed by atoms with van der Waals surface area (Å²) in [5.41, 5.74) is 0. The summed E-state index contributed by atoms with van der Waals surface area (Å²) in [7, 11) is 0. The molecule has 1 N–H and O–H groups in total. The molecule has 0 aliphatic rings. The van der Waals surface area contributed by atoms with Gasteiger partial charge in [0.05, 0.1) is 0 Å². The quantitative estimate of drug-likeness (QED) is 0.395. The number of imidazole rings is 1. The molecule has 0 amide bonds. The van der Waals surface area contributed by atoms with E-state index in [1.807, 2.05) is 6.20 Å². The van der Waals surface area contributed by atoms with Gasteiger partial charge in [-0.1, -0.05) is 0 Å². The van der Waals surface area contributed by atoms with Crippen molar-refractivity contribution in [1.29, 1.82) is 0 Å². The number of aromatic amines is 1. The summed E-state index contributed by atoms with van der Waals surface area (Å²) >= 11 is 0.180. The second kappa shape index (κ2) is 2.30. The molecule has 7 heavy (non-hydrogen) atoms. The van der Waals surface area contributed by atoms with Crippen molar-refractivity contribution in [3.05, 3.63) is 16.2 Å². The van der Waals surface area contributed by atoms with Crippen LogP contribution < -0.4 is 21.2 Å². The Morgan fingerprint density at radius 1 is 1.86 bits per heavy atom. The van der Waals surface area contributed by atoms with Gasteiger partial charge in [-0.05, 0) is 0 Å². The molecule has 0 aliphatic carbocycles. The monoisotopic (exact) mass is 209 g/mol. The molecule has 1 aromatic heterocycles. The number of nitrogens with zero attached hydrogens (tertiary/aromatic N) is 1. The number of nitrogens with one attached hydrogen (secondary N) is 1. The van der Waals surface area contributed by atoms with Gasteiger partial charge < -0.3 is 0 Å². The number of rotatable bonds is 1. The minimum absolute atomic E-state index is 0.180. The van der Waals surface area contributed by atoms with E-state index in [4.69, 9.17) is 0 Å². The molecule has 0 saturated heterocycles. The molecule has 1 aromatic rings. The van der Waals surface area contributed by atoms with Crippen molar-refractivity contribution in [2.45, 2.75) is 0 Å². The molecular weight excluding hydrogens is 203 g/mol. The van der Waals surface area contributed by atoms with Crippen molar-refractivity contribution in [1.82, 2.24) is 9.97 Å². The number of H-pyrrole nitrogens is 1. The summed E-state index contributed by atoms with van der Waals surface area (Å²) in [6.45, 7) is 0. The average Bonchev–Trinajstić information content (AvgIpc) is 2.14. The Hall–Kier alpha value is -0.0600. The Kier molecular flexibility index (Phi) is 1.67.